The number of aldehydes is 1. The molecule has 1 aromatic carbocycles. The first kappa shape index (κ1) is 18.3. The number of aromatic nitrogens is 1. The molecule has 1 heterocycles. The molecule has 7 heteroatoms. The van der Waals surface area contributed by atoms with Crippen molar-refractivity contribution in [1.29, 1.82) is 0 Å². The van der Waals surface area contributed by atoms with Crippen molar-refractivity contribution in [3.63, 3.8) is 0 Å². The third-order valence-corrected chi connectivity index (χ3v) is 6.17. The van der Waals surface area contributed by atoms with Crippen LogP contribution in [0, 0.1) is 16.4 Å². The van der Waals surface area contributed by atoms with Crippen LogP contribution < -0.4 is 5.49 Å². The molecule has 3 rings (SSSR count). The molecule has 0 amide bonds. The highest BCUT2D eigenvalue weighted by Gasteiger charge is 2.26. The Morgan fingerprint density at radius 2 is 1.92 bits per heavy atom. The summed E-state index contributed by atoms with van der Waals surface area (Å²) in [6.45, 7) is 1.90. The first-order chi connectivity index (χ1) is 11.9. The van der Waals surface area contributed by atoms with Gasteiger partial charge in [0.25, 0.3) is 10.0 Å². The fourth-order valence-corrected chi connectivity index (χ4v) is 4.11. The predicted octanol–water partition coefficient (Wildman–Crippen LogP) is 3.23. The quantitative estimate of drug-likeness (QED) is 0.481. The van der Waals surface area contributed by atoms with E-state index in [1.165, 1.54) is 0 Å². The van der Waals surface area contributed by atoms with E-state index in [9.17, 15) is 13.2 Å². The molecule has 0 N–H and O–H groups in total. The zero-order chi connectivity index (χ0) is 18.0. The SMILES string of the molecule is Cc1ccc(S(=O)(=O)N=c2ccc(I)cn2C(C=O)CC2CC2)cc1. The summed E-state index contributed by atoms with van der Waals surface area (Å²) in [5.74, 6) is 0.544. The number of hydrogen-bond acceptors (Lipinski definition) is 3. The van der Waals surface area contributed by atoms with E-state index in [1.807, 2.05) is 6.92 Å². The summed E-state index contributed by atoms with van der Waals surface area (Å²) in [4.78, 5) is 11.7. The van der Waals surface area contributed by atoms with Crippen molar-refractivity contribution in [2.24, 2.45) is 10.3 Å². The minimum absolute atomic E-state index is 0.146. The molecule has 0 saturated heterocycles. The average molecular weight is 470 g/mol. The molecule has 132 valence electrons. The van der Waals surface area contributed by atoms with Crippen LogP contribution in [0.1, 0.15) is 30.9 Å². The maximum absolute atomic E-state index is 12.6. The van der Waals surface area contributed by atoms with Crippen LogP contribution in [0.5, 0.6) is 0 Å². The van der Waals surface area contributed by atoms with Crippen LogP contribution in [0.3, 0.4) is 0 Å². The Kier molecular flexibility index (Phi) is 5.43. The van der Waals surface area contributed by atoms with Gasteiger partial charge in [0.15, 0.2) is 0 Å². The van der Waals surface area contributed by atoms with E-state index in [0.717, 1.165) is 34.7 Å². The molecule has 1 aromatic heterocycles. The van der Waals surface area contributed by atoms with Gasteiger partial charge in [-0.3, -0.25) is 0 Å². The van der Waals surface area contributed by atoms with Crippen LogP contribution in [0.15, 0.2) is 51.9 Å². The minimum Gasteiger partial charge on any atom is -0.321 e. The molecule has 0 spiro atoms. The average Bonchev–Trinajstić information content (AvgIpc) is 3.39. The first-order valence-corrected chi connectivity index (χ1v) is 10.6. The van der Waals surface area contributed by atoms with Gasteiger partial charge in [0.1, 0.15) is 11.8 Å². The van der Waals surface area contributed by atoms with Crippen molar-refractivity contribution in [3.05, 3.63) is 57.2 Å². The molecule has 0 aliphatic heterocycles. The van der Waals surface area contributed by atoms with E-state index in [0.29, 0.717) is 5.92 Å². The topological polar surface area (TPSA) is 68.5 Å². The highest BCUT2D eigenvalue weighted by Crippen LogP contribution is 2.36. The zero-order valence-electron chi connectivity index (χ0n) is 13.8. The Bertz CT molecular complexity index is 945. The number of halogens is 1. The molecule has 1 saturated carbocycles. The van der Waals surface area contributed by atoms with Gasteiger partial charge >= 0.3 is 0 Å². The van der Waals surface area contributed by atoms with E-state index in [1.54, 1.807) is 47.2 Å². The largest absolute Gasteiger partial charge is 0.321 e. The number of pyridine rings is 1. The van der Waals surface area contributed by atoms with E-state index in [-0.39, 0.29) is 10.4 Å². The van der Waals surface area contributed by atoms with Gasteiger partial charge in [-0.05, 0) is 66.1 Å². The second-order valence-corrected chi connectivity index (χ2v) is 9.22. The summed E-state index contributed by atoms with van der Waals surface area (Å²) < 4.78 is 31.9. The summed E-state index contributed by atoms with van der Waals surface area (Å²) in [5, 5.41) is 0. The Labute approximate surface area is 161 Å². The second-order valence-electron chi connectivity index (χ2n) is 6.37. The fraction of sp³-hybridized carbons (Fsp3) is 0.333. The summed E-state index contributed by atoms with van der Waals surface area (Å²) in [6, 6.07) is 9.63. The predicted molar refractivity (Wildman–Crippen MR) is 104 cm³/mol. The molecule has 0 bridgehead atoms. The smallest absolute Gasteiger partial charge is 0.284 e. The number of nitrogens with zero attached hydrogens (tertiary/aromatic N) is 2. The summed E-state index contributed by atoms with van der Waals surface area (Å²) >= 11 is 2.15. The molecule has 5 nitrogen and oxygen atoms in total. The normalized spacial score (nSPS) is 16.6. The van der Waals surface area contributed by atoms with Crippen molar-refractivity contribution < 1.29 is 13.2 Å². The van der Waals surface area contributed by atoms with E-state index in [4.69, 9.17) is 0 Å². The number of aryl methyl sites for hydroxylation is 1. The van der Waals surface area contributed by atoms with Gasteiger partial charge in [0, 0.05) is 9.77 Å². The molecule has 1 aliphatic rings. The number of rotatable bonds is 6. The van der Waals surface area contributed by atoms with Crippen molar-refractivity contribution in [1.82, 2.24) is 4.57 Å². The highest BCUT2D eigenvalue weighted by molar-refractivity contribution is 14.1. The van der Waals surface area contributed by atoms with E-state index < -0.39 is 16.1 Å². The van der Waals surface area contributed by atoms with Crippen molar-refractivity contribution >= 4 is 38.9 Å². The van der Waals surface area contributed by atoms with Crippen LogP contribution >= 0.6 is 22.6 Å². The molecule has 0 radical (unpaired) electrons. The van der Waals surface area contributed by atoms with Gasteiger partial charge < -0.3 is 9.36 Å². The van der Waals surface area contributed by atoms with Crippen molar-refractivity contribution in [2.45, 2.75) is 37.1 Å². The van der Waals surface area contributed by atoms with Gasteiger partial charge in [-0.15, -0.1) is 4.40 Å². The minimum atomic E-state index is -3.83. The van der Waals surface area contributed by atoms with Crippen LogP contribution in [-0.2, 0) is 14.8 Å². The van der Waals surface area contributed by atoms with Crippen molar-refractivity contribution in [2.75, 3.05) is 0 Å². The van der Waals surface area contributed by atoms with Crippen LogP contribution in [-0.4, -0.2) is 19.3 Å². The summed E-state index contributed by atoms with van der Waals surface area (Å²) in [6.07, 6.45) is 5.64. The Hall–Kier alpha value is -1.48. The van der Waals surface area contributed by atoms with Crippen molar-refractivity contribution in [3.8, 4) is 0 Å². The first-order valence-electron chi connectivity index (χ1n) is 8.10. The van der Waals surface area contributed by atoms with Gasteiger partial charge in [-0.2, -0.15) is 8.42 Å². The number of sulfonamides is 1. The van der Waals surface area contributed by atoms with Crippen LogP contribution in [0.4, 0.5) is 0 Å². The molecule has 1 fully saturated rings. The number of benzene rings is 1. The lowest BCUT2D eigenvalue weighted by Crippen LogP contribution is -2.27. The standard InChI is InChI=1S/C18H19IN2O3S/c1-13-2-7-17(8-3-13)25(23,24)20-18-9-6-15(19)11-21(18)16(12-22)10-14-4-5-14/h2-3,6-9,11-12,14,16H,4-5,10H2,1H3. The molecule has 25 heavy (non-hydrogen) atoms. The number of hydrogen-bond donors (Lipinski definition) is 0. The summed E-state index contributed by atoms with van der Waals surface area (Å²) in [5.41, 5.74) is 1.26. The zero-order valence-corrected chi connectivity index (χ0v) is 16.8. The van der Waals surface area contributed by atoms with Gasteiger partial charge in [0.05, 0.1) is 10.9 Å². The van der Waals surface area contributed by atoms with Gasteiger partial charge in [0.2, 0.25) is 0 Å². The van der Waals surface area contributed by atoms with Gasteiger partial charge in [-0.25, -0.2) is 0 Å². The third kappa shape index (κ3) is 4.58. The lowest BCUT2D eigenvalue weighted by molar-refractivity contribution is -0.110. The molecule has 2 aromatic rings. The lowest BCUT2D eigenvalue weighted by atomic mass is 10.1. The maximum Gasteiger partial charge on any atom is 0.284 e. The molecular weight excluding hydrogens is 451 g/mol. The monoisotopic (exact) mass is 470 g/mol. The second kappa shape index (κ2) is 7.41. The maximum atomic E-state index is 12.6. The highest BCUT2D eigenvalue weighted by atomic mass is 127. The molecule has 1 aliphatic carbocycles. The fourth-order valence-electron chi connectivity index (χ4n) is 2.64. The molecule has 1 unspecified atom stereocenters. The Morgan fingerprint density at radius 3 is 2.52 bits per heavy atom. The Balaban J connectivity index is 2.07. The summed E-state index contributed by atoms with van der Waals surface area (Å²) in [7, 11) is -3.83. The lowest BCUT2D eigenvalue weighted by Gasteiger charge is -2.15. The number of carbonyl (C=O) groups excluding carboxylic acids is 1. The van der Waals surface area contributed by atoms with E-state index >= 15 is 0 Å². The van der Waals surface area contributed by atoms with Gasteiger partial charge in [-0.1, -0.05) is 30.5 Å². The third-order valence-electron chi connectivity index (χ3n) is 4.24. The molecule has 1 atom stereocenters. The van der Waals surface area contributed by atoms with Crippen LogP contribution in [0.2, 0.25) is 0 Å². The Morgan fingerprint density at radius 1 is 1.24 bits per heavy atom. The van der Waals surface area contributed by atoms with E-state index in [2.05, 4.69) is 27.0 Å². The van der Waals surface area contributed by atoms with Crippen LogP contribution in [0.25, 0.3) is 0 Å². The number of carbonyl (C=O) groups is 1. The molecular formula is C18H19IN2O3S.